The molecule has 9 nitrogen and oxygen atoms in total. The molecular weight excluding hydrogens is 514 g/mol. The van der Waals surface area contributed by atoms with E-state index in [4.69, 9.17) is 0 Å². The van der Waals surface area contributed by atoms with Crippen molar-refractivity contribution in [1.82, 2.24) is 34.3 Å². The van der Waals surface area contributed by atoms with Crippen LogP contribution in [-0.2, 0) is 0 Å². The van der Waals surface area contributed by atoms with Crippen LogP contribution in [0.25, 0.3) is 22.3 Å². The lowest BCUT2D eigenvalue weighted by atomic mass is 10.1. The minimum absolute atomic E-state index is 0.0388. The molecule has 3 aromatic heterocycles. The van der Waals surface area contributed by atoms with Gasteiger partial charge in [-0.15, -0.1) is 0 Å². The average molecular weight is 549 g/mol. The number of carbonyl (C=O) groups is 1. The number of fused-ring (bicyclic) bond motifs is 1. The van der Waals surface area contributed by atoms with Gasteiger partial charge in [-0.25, -0.2) is 28.7 Å². The summed E-state index contributed by atoms with van der Waals surface area (Å²) in [4.78, 5) is 34.7. The van der Waals surface area contributed by atoms with Gasteiger partial charge in [0.05, 0.1) is 23.0 Å². The Morgan fingerprint density at radius 1 is 1.02 bits per heavy atom. The van der Waals surface area contributed by atoms with Crippen molar-refractivity contribution in [3.63, 3.8) is 0 Å². The molecule has 1 fully saturated rings. The first-order valence-corrected chi connectivity index (χ1v) is 13.6. The lowest BCUT2D eigenvalue weighted by Gasteiger charge is -2.22. The monoisotopic (exact) mass is 548 g/mol. The molecule has 0 bridgehead atoms. The van der Waals surface area contributed by atoms with Crippen LogP contribution in [0.15, 0.2) is 30.5 Å². The number of imidazole rings is 1. The fraction of sp³-hybridized carbons (Fsp3) is 0.414. The van der Waals surface area contributed by atoms with Crippen LogP contribution in [0.2, 0.25) is 0 Å². The quantitative estimate of drug-likeness (QED) is 0.351. The van der Waals surface area contributed by atoms with Gasteiger partial charge in [-0.3, -0.25) is 4.79 Å². The second kappa shape index (κ2) is 11.2. The van der Waals surface area contributed by atoms with Gasteiger partial charge < -0.3 is 19.7 Å². The molecule has 11 heteroatoms. The van der Waals surface area contributed by atoms with E-state index in [2.05, 4.69) is 37.1 Å². The maximum atomic E-state index is 15.0. The fourth-order valence-electron chi connectivity index (χ4n) is 5.32. The van der Waals surface area contributed by atoms with E-state index in [1.165, 1.54) is 6.07 Å². The number of halogens is 2. The summed E-state index contributed by atoms with van der Waals surface area (Å²) in [6, 6.07) is 6.39. The van der Waals surface area contributed by atoms with Crippen LogP contribution in [0.4, 0.5) is 20.5 Å². The van der Waals surface area contributed by atoms with Crippen LogP contribution in [0.3, 0.4) is 0 Å². The highest BCUT2D eigenvalue weighted by Gasteiger charge is 2.22. The van der Waals surface area contributed by atoms with Crippen molar-refractivity contribution in [2.75, 3.05) is 38.0 Å². The van der Waals surface area contributed by atoms with Crippen molar-refractivity contribution >= 4 is 28.7 Å². The van der Waals surface area contributed by atoms with Crippen LogP contribution in [0.1, 0.15) is 55.1 Å². The van der Waals surface area contributed by atoms with E-state index >= 15 is 4.39 Å². The smallest absolute Gasteiger partial charge is 0.255 e. The second-order valence-electron chi connectivity index (χ2n) is 10.4. The van der Waals surface area contributed by atoms with Gasteiger partial charge in [-0.05, 0) is 71.5 Å². The summed E-state index contributed by atoms with van der Waals surface area (Å²) in [5.41, 5.74) is 2.15. The largest absolute Gasteiger partial charge is 0.337 e. The third-order valence-corrected chi connectivity index (χ3v) is 7.34. The molecule has 1 amide bonds. The van der Waals surface area contributed by atoms with Gasteiger partial charge in [0.1, 0.15) is 22.9 Å². The number of likely N-dealkylation sites (N-methyl/N-ethyl adjacent to an activating group) is 1. The van der Waals surface area contributed by atoms with Crippen LogP contribution in [0.5, 0.6) is 0 Å². The predicted molar refractivity (Wildman–Crippen MR) is 151 cm³/mol. The highest BCUT2D eigenvalue weighted by molar-refractivity contribution is 5.95. The van der Waals surface area contributed by atoms with Gasteiger partial charge in [0.15, 0.2) is 11.6 Å². The fourth-order valence-corrected chi connectivity index (χ4v) is 5.32. The van der Waals surface area contributed by atoms with Crippen LogP contribution in [-0.4, -0.2) is 72.9 Å². The van der Waals surface area contributed by atoms with Gasteiger partial charge in [-0.1, -0.05) is 6.92 Å². The predicted octanol–water partition coefficient (Wildman–Crippen LogP) is 5.28. The Bertz CT molecular complexity index is 1570. The van der Waals surface area contributed by atoms with Crippen molar-refractivity contribution in [2.24, 2.45) is 0 Å². The Labute approximate surface area is 232 Å². The number of benzene rings is 1. The number of hydrogen-bond donors (Lipinski definition) is 1. The standard InChI is InChI=1S/C29H34F2N8O/c1-6-37-10-7-11-38(13-12-37)28(40)21-8-9-25(33-18(21)4)35-29-32-16-23(31)26(36-29)20-14-22(30)27-24(15-20)39(17(2)3)19(5)34-27/h8-9,14-17H,6-7,10-13H2,1-5H3,(H,32,33,35,36). The number of pyridine rings is 1. The summed E-state index contributed by atoms with van der Waals surface area (Å²) in [5.74, 6) is -0.0807. The van der Waals surface area contributed by atoms with Gasteiger partial charge in [0, 0.05) is 31.2 Å². The second-order valence-corrected chi connectivity index (χ2v) is 10.4. The maximum absolute atomic E-state index is 15.0. The molecule has 0 aliphatic carbocycles. The third-order valence-electron chi connectivity index (χ3n) is 7.34. The van der Waals surface area contributed by atoms with Crippen LogP contribution in [0, 0.1) is 25.5 Å². The van der Waals surface area contributed by atoms with Crippen LogP contribution >= 0.6 is 0 Å². The maximum Gasteiger partial charge on any atom is 0.255 e. The lowest BCUT2D eigenvalue weighted by molar-refractivity contribution is 0.0760. The number of amides is 1. The van der Waals surface area contributed by atoms with Gasteiger partial charge in [0.25, 0.3) is 5.91 Å². The molecule has 210 valence electrons. The summed E-state index contributed by atoms with van der Waals surface area (Å²) in [6.45, 7) is 13.9. The Balaban J connectivity index is 1.40. The molecule has 1 aromatic carbocycles. The van der Waals surface area contributed by atoms with Crippen molar-refractivity contribution in [3.8, 4) is 11.3 Å². The van der Waals surface area contributed by atoms with E-state index < -0.39 is 11.6 Å². The zero-order valence-electron chi connectivity index (χ0n) is 23.5. The number of nitrogens with one attached hydrogen (secondary N) is 1. The molecule has 4 aromatic rings. The molecule has 4 heterocycles. The number of carbonyl (C=O) groups excluding carboxylic acids is 1. The first kappa shape index (κ1) is 27.6. The van der Waals surface area contributed by atoms with Crippen LogP contribution < -0.4 is 5.32 Å². The third kappa shape index (κ3) is 5.38. The van der Waals surface area contributed by atoms with E-state index in [-0.39, 0.29) is 34.7 Å². The topological polar surface area (TPSA) is 92.1 Å². The molecule has 1 N–H and O–H groups in total. The molecule has 40 heavy (non-hydrogen) atoms. The van der Waals surface area contributed by atoms with Crippen molar-refractivity contribution in [1.29, 1.82) is 0 Å². The molecule has 0 atom stereocenters. The summed E-state index contributed by atoms with van der Waals surface area (Å²) >= 11 is 0. The molecule has 0 unspecified atom stereocenters. The Hall–Kier alpha value is -3.99. The first-order chi connectivity index (χ1) is 19.2. The summed E-state index contributed by atoms with van der Waals surface area (Å²) < 4.78 is 31.8. The van der Waals surface area contributed by atoms with E-state index in [9.17, 15) is 9.18 Å². The highest BCUT2D eigenvalue weighted by Crippen LogP contribution is 2.30. The summed E-state index contributed by atoms with van der Waals surface area (Å²) in [5, 5.41) is 2.99. The minimum Gasteiger partial charge on any atom is -0.337 e. The zero-order valence-corrected chi connectivity index (χ0v) is 23.5. The number of anilines is 2. The molecule has 1 saturated heterocycles. The Morgan fingerprint density at radius 3 is 2.55 bits per heavy atom. The van der Waals surface area contributed by atoms with Crippen molar-refractivity contribution in [2.45, 2.75) is 47.1 Å². The SMILES string of the molecule is CCN1CCCN(C(=O)c2ccc(Nc3ncc(F)c(-c4cc(F)c5nc(C)n(C(C)C)c5c4)n3)nc2C)CC1. The number of aromatic nitrogens is 5. The number of nitrogens with zero attached hydrogens (tertiary/aromatic N) is 7. The van der Waals surface area contributed by atoms with E-state index in [0.717, 1.165) is 32.3 Å². The summed E-state index contributed by atoms with van der Waals surface area (Å²) in [7, 11) is 0. The van der Waals surface area contributed by atoms with Gasteiger partial charge in [-0.2, -0.15) is 0 Å². The van der Waals surface area contributed by atoms with E-state index in [1.807, 2.05) is 30.2 Å². The highest BCUT2D eigenvalue weighted by atomic mass is 19.1. The Kier molecular flexibility index (Phi) is 7.75. The number of rotatable bonds is 6. The number of hydrogen-bond acceptors (Lipinski definition) is 7. The first-order valence-electron chi connectivity index (χ1n) is 13.6. The molecule has 0 saturated carbocycles. The lowest BCUT2D eigenvalue weighted by Crippen LogP contribution is -2.35. The van der Waals surface area contributed by atoms with E-state index in [0.29, 0.717) is 41.5 Å². The van der Waals surface area contributed by atoms with Gasteiger partial charge in [0.2, 0.25) is 5.95 Å². The molecule has 1 aliphatic rings. The molecule has 5 rings (SSSR count). The Morgan fingerprint density at radius 2 is 1.82 bits per heavy atom. The van der Waals surface area contributed by atoms with Crippen molar-refractivity contribution < 1.29 is 13.6 Å². The minimum atomic E-state index is -0.680. The average Bonchev–Trinajstić information content (AvgIpc) is 3.09. The molecular formula is C29H34F2N8O. The van der Waals surface area contributed by atoms with Gasteiger partial charge >= 0.3 is 0 Å². The number of aryl methyl sites for hydroxylation is 2. The molecule has 0 spiro atoms. The normalized spacial score (nSPS) is 14.7. The summed E-state index contributed by atoms with van der Waals surface area (Å²) in [6.07, 6.45) is 1.98. The van der Waals surface area contributed by atoms with E-state index in [1.54, 1.807) is 25.1 Å². The molecule has 1 aliphatic heterocycles. The van der Waals surface area contributed by atoms with Crippen molar-refractivity contribution in [3.05, 3.63) is 59.2 Å². The molecule has 0 radical (unpaired) electrons. The zero-order chi connectivity index (χ0) is 28.6.